The molecule has 0 aliphatic rings. The van der Waals surface area contributed by atoms with Crippen molar-refractivity contribution in [2.75, 3.05) is 0 Å². The van der Waals surface area contributed by atoms with E-state index in [1.54, 1.807) is 0 Å². The van der Waals surface area contributed by atoms with Gasteiger partial charge in [-0.1, -0.05) is 27.2 Å². The predicted molar refractivity (Wildman–Crippen MR) is 71.5 cm³/mol. The van der Waals surface area contributed by atoms with E-state index in [2.05, 4.69) is 24.5 Å². The summed E-state index contributed by atoms with van der Waals surface area (Å²) in [5.74, 6) is -0.383. The maximum Gasteiger partial charge on any atom is 0.326 e. The van der Waals surface area contributed by atoms with Crippen LogP contribution >= 0.6 is 0 Å². The van der Waals surface area contributed by atoms with Crippen LogP contribution in [-0.4, -0.2) is 29.2 Å². The number of aliphatic carboxylic acids is 1. The third-order valence-corrected chi connectivity index (χ3v) is 2.74. The van der Waals surface area contributed by atoms with Crippen LogP contribution in [0.3, 0.4) is 0 Å². The fourth-order valence-electron chi connectivity index (χ4n) is 1.63. The Hall–Kier alpha value is -1.26. The zero-order valence-corrected chi connectivity index (χ0v) is 11.8. The van der Waals surface area contributed by atoms with Gasteiger partial charge in [0.25, 0.3) is 0 Å². The number of hydrogen-bond acceptors (Lipinski definition) is 2. The summed E-state index contributed by atoms with van der Waals surface area (Å²) in [4.78, 5) is 22.5. The van der Waals surface area contributed by atoms with E-state index in [1.165, 1.54) is 0 Å². The molecule has 0 fully saturated rings. The van der Waals surface area contributed by atoms with E-state index in [-0.39, 0.29) is 6.04 Å². The van der Waals surface area contributed by atoms with Gasteiger partial charge < -0.3 is 15.7 Å². The summed E-state index contributed by atoms with van der Waals surface area (Å²) in [5.41, 5.74) is 0. The van der Waals surface area contributed by atoms with Crippen molar-refractivity contribution >= 4 is 12.0 Å². The smallest absolute Gasteiger partial charge is 0.326 e. The first-order valence-corrected chi connectivity index (χ1v) is 6.66. The van der Waals surface area contributed by atoms with Crippen molar-refractivity contribution in [1.29, 1.82) is 0 Å². The molecule has 2 amide bonds. The number of carbonyl (C=O) groups is 2. The zero-order valence-electron chi connectivity index (χ0n) is 11.8. The van der Waals surface area contributed by atoms with Gasteiger partial charge in [0.2, 0.25) is 0 Å². The van der Waals surface area contributed by atoms with Gasteiger partial charge in [0, 0.05) is 6.04 Å². The van der Waals surface area contributed by atoms with Crippen LogP contribution in [0.4, 0.5) is 4.79 Å². The molecular weight excluding hydrogens is 232 g/mol. The minimum absolute atomic E-state index is 0.0588. The molecule has 0 saturated heterocycles. The molecule has 0 rings (SSSR count). The highest BCUT2D eigenvalue weighted by molar-refractivity contribution is 5.82. The van der Waals surface area contributed by atoms with Crippen molar-refractivity contribution in [1.82, 2.24) is 10.6 Å². The monoisotopic (exact) mass is 258 g/mol. The maximum absolute atomic E-state index is 11.6. The van der Waals surface area contributed by atoms with Crippen LogP contribution < -0.4 is 10.6 Å². The number of urea groups is 1. The normalized spacial score (nSPS) is 14.1. The lowest BCUT2D eigenvalue weighted by atomic mass is 10.0. The number of hydrogen-bond donors (Lipinski definition) is 3. The van der Waals surface area contributed by atoms with E-state index in [4.69, 9.17) is 5.11 Å². The van der Waals surface area contributed by atoms with Crippen LogP contribution in [0.15, 0.2) is 0 Å². The van der Waals surface area contributed by atoms with Crippen LogP contribution in [0.25, 0.3) is 0 Å². The first-order chi connectivity index (χ1) is 8.36. The van der Waals surface area contributed by atoms with Gasteiger partial charge >= 0.3 is 12.0 Å². The van der Waals surface area contributed by atoms with Crippen LogP contribution in [-0.2, 0) is 4.79 Å². The van der Waals surface area contributed by atoms with E-state index in [0.29, 0.717) is 12.3 Å². The third kappa shape index (κ3) is 7.92. The highest BCUT2D eigenvalue weighted by atomic mass is 16.4. The molecule has 2 atom stereocenters. The number of carboxylic acids is 1. The number of carbonyl (C=O) groups excluding carboxylic acids is 1. The number of carboxylic acid groups (broad SMARTS) is 1. The van der Waals surface area contributed by atoms with Gasteiger partial charge in [-0.25, -0.2) is 9.59 Å². The molecule has 3 N–H and O–H groups in total. The van der Waals surface area contributed by atoms with Crippen molar-refractivity contribution in [2.45, 2.75) is 65.5 Å². The topological polar surface area (TPSA) is 78.4 Å². The second-order valence-electron chi connectivity index (χ2n) is 5.17. The van der Waals surface area contributed by atoms with Gasteiger partial charge in [0.15, 0.2) is 0 Å². The largest absolute Gasteiger partial charge is 0.480 e. The molecule has 0 radical (unpaired) electrons. The Morgan fingerprint density at radius 3 is 2.11 bits per heavy atom. The highest BCUT2D eigenvalue weighted by Gasteiger charge is 2.19. The van der Waals surface area contributed by atoms with E-state index >= 15 is 0 Å². The van der Waals surface area contributed by atoms with E-state index in [1.807, 2.05) is 13.8 Å². The van der Waals surface area contributed by atoms with Gasteiger partial charge in [-0.05, 0) is 32.1 Å². The molecule has 0 aromatic carbocycles. The quantitative estimate of drug-likeness (QED) is 0.625. The van der Waals surface area contributed by atoms with Crippen molar-refractivity contribution < 1.29 is 14.7 Å². The molecule has 0 aromatic rings. The van der Waals surface area contributed by atoms with E-state index in [0.717, 1.165) is 19.3 Å². The summed E-state index contributed by atoms with van der Waals surface area (Å²) in [6.07, 6.45) is 3.11. The molecule has 0 aromatic heterocycles. The Morgan fingerprint density at radius 1 is 1.06 bits per heavy atom. The number of amides is 2. The van der Waals surface area contributed by atoms with Gasteiger partial charge in [-0.2, -0.15) is 0 Å². The van der Waals surface area contributed by atoms with Gasteiger partial charge in [0.05, 0.1) is 0 Å². The van der Waals surface area contributed by atoms with E-state index in [9.17, 15) is 9.59 Å². The summed E-state index contributed by atoms with van der Waals surface area (Å²) in [6.45, 7) is 8.08. The molecule has 5 nitrogen and oxygen atoms in total. The molecule has 0 aliphatic carbocycles. The van der Waals surface area contributed by atoms with Gasteiger partial charge in [-0.3, -0.25) is 0 Å². The highest BCUT2D eigenvalue weighted by Crippen LogP contribution is 2.06. The van der Waals surface area contributed by atoms with Crippen LogP contribution in [0.5, 0.6) is 0 Å². The summed E-state index contributed by atoms with van der Waals surface area (Å²) in [5, 5.41) is 14.2. The van der Waals surface area contributed by atoms with Crippen molar-refractivity contribution in [3.05, 3.63) is 0 Å². The first-order valence-electron chi connectivity index (χ1n) is 6.66. The van der Waals surface area contributed by atoms with Crippen LogP contribution in [0.1, 0.15) is 53.4 Å². The molecule has 0 spiro atoms. The van der Waals surface area contributed by atoms with Crippen molar-refractivity contribution in [3.8, 4) is 0 Å². The number of rotatable bonds is 8. The Bertz CT molecular complexity index is 267. The molecule has 0 bridgehead atoms. The van der Waals surface area contributed by atoms with Crippen LogP contribution in [0, 0.1) is 5.92 Å². The summed E-state index contributed by atoms with van der Waals surface area (Å²) >= 11 is 0. The molecule has 0 aliphatic heterocycles. The van der Waals surface area contributed by atoms with Crippen molar-refractivity contribution in [2.24, 2.45) is 5.92 Å². The predicted octanol–water partition coefficient (Wildman–Crippen LogP) is 2.36. The van der Waals surface area contributed by atoms with Crippen LogP contribution in [0.2, 0.25) is 0 Å². The molecule has 5 heteroatoms. The summed E-state index contributed by atoms with van der Waals surface area (Å²) in [7, 11) is 0. The Morgan fingerprint density at radius 2 is 1.67 bits per heavy atom. The average molecular weight is 258 g/mol. The van der Waals surface area contributed by atoms with Gasteiger partial charge in [0.1, 0.15) is 6.04 Å². The fraction of sp³-hybridized carbons (Fsp3) is 0.846. The average Bonchev–Trinajstić information content (AvgIpc) is 2.25. The standard InChI is InChI=1S/C13H26N2O3/c1-5-6-11(12(16)17)15-13(18)14-10(4)8-7-9(2)3/h9-11H,5-8H2,1-4H3,(H,16,17)(H2,14,15,18). The molecule has 2 unspecified atom stereocenters. The molecule has 0 heterocycles. The first kappa shape index (κ1) is 16.7. The number of nitrogens with one attached hydrogen (secondary N) is 2. The summed E-state index contributed by atoms with van der Waals surface area (Å²) < 4.78 is 0. The second kappa shape index (κ2) is 8.78. The second-order valence-corrected chi connectivity index (χ2v) is 5.17. The third-order valence-electron chi connectivity index (χ3n) is 2.74. The SMILES string of the molecule is CCCC(NC(=O)NC(C)CCC(C)C)C(=O)O. The molecular formula is C13H26N2O3. The molecule has 0 saturated carbocycles. The Kier molecular flexibility index (Phi) is 8.16. The Labute approximate surface area is 109 Å². The lowest BCUT2D eigenvalue weighted by molar-refractivity contribution is -0.139. The lowest BCUT2D eigenvalue weighted by Gasteiger charge is -2.18. The molecule has 18 heavy (non-hydrogen) atoms. The minimum Gasteiger partial charge on any atom is -0.480 e. The molecule has 106 valence electrons. The van der Waals surface area contributed by atoms with Crippen molar-refractivity contribution in [3.63, 3.8) is 0 Å². The minimum atomic E-state index is -0.984. The summed E-state index contributed by atoms with van der Waals surface area (Å²) in [6, 6.07) is -1.14. The van der Waals surface area contributed by atoms with Gasteiger partial charge in [-0.15, -0.1) is 0 Å². The van der Waals surface area contributed by atoms with E-state index < -0.39 is 18.0 Å². The maximum atomic E-state index is 11.6. The lowest BCUT2D eigenvalue weighted by Crippen LogP contribution is -2.48. The Balaban J connectivity index is 4.03. The zero-order chi connectivity index (χ0) is 14.1. The fourth-order valence-corrected chi connectivity index (χ4v) is 1.63.